The number of benzene rings is 3. The summed E-state index contributed by atoms with van der Waals surface area (Å²) in [5.41, 5.74) is 3.98. The summed E-state index contributed by atoms with van der Waals surface area (Å²) in [6.45, 7) is 2.22. The second-order valence-corrected chi connectivity index (χ2v) is 10.5. The van der Waals surface area contributed by atoms with Crippen LogP contribution in [-0.2, 0) is 22.4 Å². The summed E-state index contributed by atoms with van der Waals surface area (Å²) >= 11 is 0. The molecule has 3 aromatic carbocycles. The van der Waals surface area contributed by atoms with Gasteiger partial charge in [0.25, 0.3) is 0 Å². The third-order valence-corrected chi connectivity index (χ3v) is 8.21. The Labute approximate surface area is 213 Å². The average Bonchev–Trinajstić information content (AvgIpc) is 2.88. The molecule has 36 heavy (non-hydrogen) atoms. The van der Waals surface area contributed by atoms with Gasteiger partial charge >= 0.3 is 0 Å². The highest BCUT2D eigenvalue weighted by Gasteiger charge is 2.33. The van der Waals surface area contributed by atoms with Crippen LogP contribution in [0.15, 0.2) is 54.6 Å². The van der Waals surface area contributed by atoms with E-state index in [0.717, 1.165) is 48.8 Å². The fourth-order valence-corrected chi connectivity index (χ4v) is 6.26. The largest absolute Gasteiger partial charge is 0.504 e. The van der Waals surface area contributed by atoms with Gasteiger partial charge in [-0.15, -0.1) is 0 Å². The predicted molar refractivity (Wildman–Crippen MR) is 143 cm³/mol. The molecule has 186 valence electrons. The van der Waals surface area contributed by atoms with Gasteiger partial charge in [0.15, 0.2) is 17.3 Å². The number of phenols is 1. The van der Waals surface area contributed by atoms with Gasteiger partial charge in [0.1, 0.15) is 5.78 Å². The van der Waals surface area contributed by atoms with E-state index in [9.17, 15) is 14.7 Å². The highest BCUT2D eigenvalue weighted by atomic mass is 16.5. The van der Waals surface area contributed by atoms with Crippen molar-refractivity contribution in [2.45, 2.75) is 51.9 Å². The van der Waals surface area contributed by atoms with E-state index >= 15 is 0 Å². The van der Waals surface area contributed by atoms with Crippen LogP contribution in [-0.4, -0.2) is 23.8 Å². The molecule has 6 bridgehead atoms. The standard InChI is InChI=1S/C32H34O4/c1-3-22-17-25-10-9-23(22)18-26-14-21(13-24-6-4-5-7-29(24)26)15-27-12-20(16-31(36-2)32(27)35)8-11-28(33)19-30(25)34/h4-8,11-14,16,22-23,25,35H,3,9-10,15,17-19H2,1-2H3/b11-8+/t22-,23+,25+/m1/s1. The van der Waals surface area contributed by atoms with E-state index in [1.165, 1.54) is 29.5 Å². The first-order valence-corrected chi connectivity index (χ1v) is 13.1. The smallest absolute Gasteiger partial charge is 0.163 e. The normalized spacial score (nSPS) is 23.4. The predicted octanol–water partition coefficient (Wildman–Crippen LogP) is 6.68. The molecule has 0 amide bonds. The van der Waals surface area contributed by atoms with E-state index in [4.69, 9.17) is 4.74 Å². The highest BCUT2D eigenvalue weighted by molar-refractivity contribution is 6.06. The lowest BCUT2D eigenvalue weighted by molar-refractivity contribution is -0.128. The number of Topliss-reactive ketones (excluding diaryl/α,β-unsaturated/α-hetero) is 1. The summed E-state index contributed by atoms with van der Waals surface area (Å²) in [4.78, 5) is 25.7. The molecule has 3 aliphatic carbocycles. The number of fused-ring (bicyclic) bond motifs is 6. The molecule has 1 fully saturated rings. The van der Waals surface area contributed by atoms with Gasteiger partial charge in [0, 0.05) is 17.9 Å². The highest BCUT2D eigenvalue weighted by Crippen LogP contribution is 2.40. The third kappa shape index (κ3) is 4.95. The van der Waals surface area contributed by atoms with E-state index in [-0.39, 0.29) is 29.7 Å². The van der Waals surface area contributed by atoms with Gasteiger partial charge < -0.3 is 9.84 Å². The number of hydrogen-bond acceptors (Lipinski definition) is 4. The Morgan fingerprint density at radius 2 is 1.81 bits per heavy atom. The molecule has 0 aliphatic heterocycles. The van der Waals surface area contributed by atoms with Crippen molar-refractivity contribution in [3.63, 3.8) is 0 Å². The van der Waals surface area contributed by atoms with Crippen LogP contribution in [0.4, 0.5) is 0 Å². The first-order valence-electron chi connectivity index (χ1n) is 13.1. The van der Waals surface area contributed by atoms with Crippen molar-refractivity contribution in [3.05, 3.63) is 76.9 Å². The maximum absolute atomic E-state index is 13.0. The molecule has 6 rings (SSSR count). The van der Waals surface area contributed by atoms with Crippen LogP contribution in [0.2, 0.25) is 0 Å². The maximum atomic E-state index is 13.0. The lowest BCUT2D eigenvalue weighted by atomic mass is 9.69. The van der Waals surface area contributed by atoms with Crippen molar-refractivity contribution in [1.29, 1.82) is 0 Å². The van der Waals surface area contributed by atoms with Crippen LogP contribution in [0.5, 0.6) is 11.5 Å². The number of rotatable bonds is 2. The van der Waals surface area contributed by atoms with Crippen LogP contribution in [0.1, 0.15) is 61.3 Å². The second-order valence-electron chi connectivity index (χ2n) is 10.5. The number of phenolic OH excluding ortho intramolecular Hbond substituents is 1. The first kappa shape index (κ1) is 24.3. The molecule has 0 saturated heterocycles. The van der Waals surface area contributed by atoms with Crippen molar-refractivity contribution in [2.24, 2.45) is 17.8 Å². The van der Waals surface area contributed by atoms with Gasteiger partial charge in [0.2, 0.25) is 0 Å². The Bertz CT molecular complexity index is 1340. The molecular weight excluding hydrogens is 448 g/mol. The van der Waals surface area contributed by atoms with E-state index in [0.29, 0.717) is 24.0 Å². The van der Waals surface area contributed by atoms with E-state index < -0.39 is 0 Å². The van der Waals surface area contributed by atoms with Crippen LogP contribution in [0, 0.1) is 17.8 Å². The summed E-state index contributed by atoms with van der Waals surface area (Å²) in [6, 6.07) is 16.6. The van der Waals surface area contributed by atoms with Crippen molar-refractivity contribution < 1.29 is 19.4 Å². The zero-order valence-electron chi connectivity index (χ0n) is 21.1. The van der Waals surface area contributed by atoms with Crippen LogP contribution >= 0.6 is 0 Å². The Morgan fingerprint density at radius 1 is 0.972 bits per heavy atom. The van der Waals surface area contributed by atoms with Crippen molar-refractivity contribution in [2.75, 3.05) is 7.11 Å². The molecule has 0 spiro atoms. The van der Waals surface area contributed by atoms with Crippen LogP contribution in [0.3, 0.4) is 0 Å². The van der Waals surface area contributed by atoms with E-state index in [2.05, 4.69) is 43.3 Å². The number of ether oxygens (including phenoxy) is 1. The van der Waals surface area contributed by atoms with Crippen LogP contribution in [0.25, 0.3) is 16.8 Å². The number of allylic oxidation sites excluding steroid dienone is 1. The molecule has 4 nitrogen and oxygen atoms in total. The van der Waals surface area contributed by atoms with Crippen LogP contribution < -0.4 is 4.74 Å². The second kappa shape index (κ2) is 10.3. The molecule has 0 radical (unpaired) electrons. The molecule has 0 aromatic heterocycles. The summed E-state index contributed by atoms with van der Waals surface area (Å²) in [7, 11) is 1.53. The van der Waals surface area contributed by atoms with Gasteiger partial charge in [0.05, 0.1) is 13.5 Å². The minimum atomic E-state index is -0.175. The Morgan fingerprint density at radius 3 is 2.61 bits per heavy atom. The Kier molecular flexibility index (Phi) is 6.95. The topological polar surface area (TPSA) is 63.6 Å². The molecule has 3 atom stereocenters. The number of hydrogen-bond donors (Lipinski definition) is 1. The first-order chi connectivity index (χ1) is 17.4. The summed E-state index contributed by atoms with van der Waals surface area (Å²) in [6.07, 6.45) is 8.48. The number of methoxy groups -OCH3 is 1. The van der Waals surface area contributed by atoms with Crippen molar-refractivity contribution in [3.8, 4) is 11.5 Å². The van der Waals surface area contributed by atoms with Gasteiger partial charge in [-0.2, -0.15) is 0 Å². The van der Waals surface area contributed by atoms with Gasteiger partial charge in [-0.3, -0.25) is 9.59 Å². The summed E-state index contributed by atoms with van der Waals surface area (Å²) in [5.74, 6) is 1.35. The number of aromatic hydroxyl groups is 1. The van der Waals surface area contributed by atoms with E-state index in [1.54, 1.807) is 12.1 Å². The monoisotopic (exact) mass is 482 g/mol. The van der Waals surface area contributed by atoms with Gasteiger partial charge in [-0.25, -0.2) is 0 Å². The quantitative estimate of drug-likeness (QED) is 0.414. The number of carbonyl (C=O) groups is 2. The molecule has 3 aromatic rings. The molecule has 3 aliphatic rings. The van der Waals surface area contributed by atoms with Gasteiger partial charge in [-0.1, -0.05) is 55.8 Å². The molecule has 4 heteroatoms. The summed E-state index contributed by atoms with van der Waals surface area (Å²) in [5, 5.41) is 13.4. The minimum Gasteiger partial charge on any atom is -0.504 e. The molecule has 0 heterocycles. The lowest BCUT2D eigenvalue weighted by Gasteiger charge is -2.35. The zero-order chi connectivity index (χ0) is 25.2. The average molecular weight is 483 g/mol. The fourth-order valence-electron chi connectivity index (χ4n) is 6.26. The minimum absolute atomic E-state index is 0.0253. The lowest BCUT2D eigenvalue weighted by Crippen LogP contribution is -2.31. The Balaban J connectivity index is 1.64. The maximum Gasteiger partial charge on any atom is 0.163 e. The Hall–Kier alpha value is -3.40. The molecule has 1 saturated carbocycles. The van der Waals surface area contributed by atoms with Crippen molar-refractivity contribution >= 4 is 28.4 Å². The SMILES string of the molecule is CC[C@@H]1C[C@@H]2CC[C@H]1Cc1cc(cc3ccccc13)Cc1cc(cc(OC)c1O)/C=C/C(=O)CC2=O. The number of carbonyl (C=O) groups excluding carboxylic acids is 2. The molecule has 0 unspecified atom stereocenters. The van der Waals surface area contributed by atoms with Gasteiger partial charge in [-0.05, 0) is 83.2 Å². The summed E-state index contributed by atoms with van der Waals surface area (Å²) < 4.78 is 5.43. The fraction of sp³-hybridized carbons (Fsp3) is 0.375. The number of ketones is 2. The molecule has 1 N–H and O–H groups in total. The molecular formula is C32H34O4. The van der Waals surface area contributed by atoms with Crippen molar-refractivity contribution in [1.82, 2.24) is 0 Å². The van der Waals surface area contributed by atoms with E-state index in [1.807, 2.05) is 6.07 Å². The zero-order valence-corrected chi connectivity index (χ0v) is 21.1. The third-order valence-electron chi connectivity index (χ3n) is 8.21.